The lowest BCUT2D eigenvalue weighted by Gasteiger charge is -2.26. The highest BCUT2D eigenvalue weighted by atomic mass is 16.5. The number of rotatable bonds is 4. The number of nitrogens with zero attached hydrogens (tertiary/aromatic N) is 1. The molecule has 0 spiro atoms. The van der Waals surface area contributed by atoms with Crippen LogP contribution in [0.3, 0.4) is 0 Å². The zero-order valence-corrected chi connectivity index (χ0v) is 13.7. The smallest absolute Gasteiger partial charge is 0.320 e. The summed E-state index contributed by atoms with van der Waals surface area (Å²) in [5.74, 6) is 1.96. The van der Waals surface area contributed by atoms with Crippen molar-refractivity contribution in [3.05, 3.63) is 11.6 Å². The molecule has 3 heteroatoms. The van der Waals surface area contributed by atoms with Crippen LogP contribution >= 0.6 is 0 Å². The lowest BCUT2D eigenvalue weighted by Crippen LogP contribution is -2.35. The molecular formula is C18H29NO2. The summed E-state index contributed by atoms with van der Waals surface area (Å²) < 4.78 is 5.57. The van der Waals surface area contributed by atoms with Gasteiger partial charge in [0.2, 0.25) is 0 Å². The lowest BCUT2D eigenvalue weighted by molar-refractivity contribution is -0.146. The van der Waals surface area contributed by atoms with Crippen LogP contribution in [-0.2, 0) is 9.53 Å². The highest BCUT2D eigenvalue weighted by molar-refractivity contribution is 5.71. The predicted octanol–water partition coefficient (Wildman–Crippen LogP) is 3.25. The standard InChI is InChI=1S/C18H29NO2/c1-13-9-15-16(18(15,2)3)10-14(13)12-21-17(20)11-19-7-5-4-6-8-19/h9,14-16H,4-8,10-12H2,1-3H3/t14-,15-,16+/m1/s1. The van der Waals surface area contributed by atoms with Crippen molar-refractivity contribution in [2.45, 2.75) is 46.5 Å². The van der Waals surface area contributed by atoms with Gasteiger partial charge < -0.3 is 4.74 Å². The van der Waals surface area contributed by atoms with E-state index in [4.69, 9.17) is 4.74 Å². The van der Waals surface area contributed by atoms with E-state index in [0.717, 1.165) is 24.9 Å². The van der Waals surface area contributed by atoms with E-state index < -0.39 is 0 Å². The third-order valence-electron chi connectivity index (χ3n) is 6.01. The number of fused-ring (bicyclic) bond motifs is 1. The van der Waals surface area contributed by atoms with Gasteiger partial charge in [-0.2, -0.15) is 0 Å². The first-order valence-corrected chi connectivity index (χ1v) is 8.55. The van der Waals surface area contributed by atoms with Gasteiger partial charge in [0.25, 0.3) is 0 Å². The Labute approximate surface area is 128 Å². The summed E-state index contributed by atoms with van der Waals surface area (Å²) in [6.45, 7) is 10.1. The fourth-order valence-corrected chi connectivity index (χ4v) is 4.22. The number of hydrogen-bond donors (Lipinski definition) is 0. The molecule has 3 aliphatic rings. The third-order valence-corrected chi connectivity index (χ3v) is 6.01. The number of carbonyl (C=O) groups excluding carboxylic acids is 1. The van der Waals surface area contributed by atoms with Gasteiger partial charge in [0.05, 0.1) is 13.2 Å². The van der Waals surface area contributed by atoms with Crippen LogP contribution in [0.1, 0.15) is 46.5 Å². The molecule has 2 fully saturated rings. The molecule has 0 bridgehead atoms. The molecule has 1 heterocycles. The third kappa shape index (κ3) is 3.18. The summed E-state index contributed by atoms with van der Waals surface area (Å²) in [5, 5.41) is 0. The van der Waals surface area contributed by atoms with Crippen molar-refractivity contribution < 1.29 is 9.53 Å². The number of likely N-dealkylation sites (tertiary alicyclic amines) is 1. The first kappa shape index (κ1) is 15.1. The van der Waals surface area contributed by atoms with Gasteiger partial charge in [-0.05, 0) is 56.5 Å². The van der Waals surface area contributed by atoms with E-state index in [0.29, 0.717) is 24.5 Å². The summed E-state index contributed by atoms with van der Waals surface area (Å²) in [5.41, 5.74) is 1.89. The number of hydrogen-bond acceptors (Lipinski definition) is 3. The van der Waals surface area contributed by atoms with Crippen molar-refractivity contribution in [3.63, 3.8) is 0 Å². The van der Waals surface area contributed by atoms with Gasteiger partial charge in [0.15, 0.2) is 0 Å². The van der Waals surface area contributed by atoms with Crippen molar-refractivity contribution in [2.75, 3.05) is 26.2 Å². The van der Waals surface area contributed by atoms with E-state index in [1.807, 2.05) is 0 Å². The van der Waals surface area contributed by atoms with Crippen LogP contribution in [0.2, 0.25) is 0 Å². The van der Waals surface area contributed by atoms with Gasteiger partial charge in [0.1, 0.15) is 0 Å². The number of allylic oxidation sites excluding steroid dienone is 1. The highest BCUT2D eigenvalue weighted by Crippen LogP contribution is 2.64. The normalized spacial score (nSPS) is 34.8. The molecule has 3 rings (SSSR count). The molecule has 0 aromatic carbocycles. The maximum atomic E-state index is 12.0. The minimum Gasteiger partial charge on any atom is -0.464 e. The molecule has 2 aliphatic carbocycles. The van der Waals surface area contributed by atoms with Crippen molar-refractivity contribution >= 4 is 5.97 Å². The van der Waals surface area contributed by atoms with E-state index in [1.54, 1.807) is 0 Å². The van der Waals surface area contributed by atoms with Crippen LogP contribution in [0.4, 0.5) is 0 Å². The Kier molecular flexibility index (Phi) is 4.13. The van der Waals surface area contributed by atoms with E-state index in [1.165, 1.54) is 31.3 Å². The lowest BCUT2D eigenvalue weighted by atomic mass is 9.89. The van der Waals surface area contributed by atoms with Crippen molar-refractivity contribution in [2.24, 2.45) is 23.2 Å². The van der Waals surface area contributed by atoms with Crippen LogP contribution in [0.5, 0.6) is 0 Å². The zero-order valence-electron chi connectivity index (χ0n) is 13.7. The summed E-state index contributed by atoms with van der Waals surface area (Å²) >= 11 is 0. The molecule has 1 saturated carbocycles. The first-order valence-electron chi connectivity index (χ1n) is 8.55. The number of ether oxygens (including phenoxy) is 1. The van der Waals surface area contributed by atoms with Crippen LogP contribution < -0.4 is 0 Å². The Hall–Kier alpha value is -0.830. The van der Waals surface area contributed by atoms with Gasteiger partial charge in [0, 0.05) is 5.92 Å². The minimum atomic E-state index is -0.0399. The topological polar surface area (TPSA) is 29.5 Å². The monoisotopic (exact) mass is 291 g/mol. The Balaban J connectivity index is 1.44. The van der Waals surface area contributed by atoms with Gasteiger partial charge in [-0.3, -0.25) is 9.69 Å². The molecule has 0 radical (unpaired) electrons. The highest BCUT2D eigenvalue weighted by Gasteiger charge is 2.58. The molecule has 1 aliphatic heterocycles. The summed E-state index contributed by atoms with van der Waals surface area (Å²) in [7, 11) is 0. The van der Waals surface area contributed by atoms with Gasteiger partial charge in [-0.15, -0.1) is 0 Å². The minimum absolute atomic E-state index is 0.0399. The maximum absolute atomic E-state index is 12.0. The summed E-state index contributed by atoms with van der Waals surface area (Å²) in [6.07, 6.45) is 7.36. The Bertz CT molecular complexity index is 434. The van der Waals surface area contributed by atoms with E-state index >= 15 is 0 Å². The second-order valence-electron chi connectivity index (χ2n) is 7.82. The van der Waals surface area contributed by atoms with E-state index in [9.17, 15) is 4.79 Å². The number of esters is 1. The fraction of sp³-hybridized carbons (Fsp3) is 0.833. The second kappa shape index (κ2) is 5.75. The Morgan fingerprint density at radius 3 is 2.76 bits per heavy atom. The van der Waals surface area contributed by atoms with Crippen LogP contribution in [0, 0.1) is 23.2 Å². The maximum Gasteiger partial charge on any atom is 0.320 e. The average molecular weight is 291 g/mol. The molecule has 0 unspecified atom stereocenters. The zero-order chi connectivity index (χ0) is 15.0. The SMILES string of the molecule is CC1=C[C@@H]2[C@H](C[C@@H]1COC(=O)CN1CCCCC1)C2(C)C. The van der Waals surface area contributed by atoms with Gasteiger partial charge in [-0.1, -0.05) is 31.9 Å². The average Bonchev–Trinajstić information content (AvgIpc) is 2.98. The van der Waals surface area contributed by atoms with Crippen LogP contribution in [0.25, 0.3) is 0 Å². The van der Waals surface area contributed by atoms with Crippen LogP contribution in [-0.4, -0.2) is 37.1 Å². The number of carbonyl (C=O) groups is 1. The first-order chi connectivity index (χ1) is 9.98. The molecule has 0 aromatic heterocycles. The predicted molar refractivity (Wildman–Crippen MR) is 83.9 cm³/mol. The van der Waals surface area contributed by atoms with Gasteiger partial charge >= 0.3 is 5.97 Å². The molecule has 0 N–H and O–H groups in total. The molecular weight excluding hydrogens is 262 g/mol. The van der Waals surface area contributed by atoms with Crippen molar-refractivity contribution in [1.82, 2.24) is 4.90 Å². The van der Waals surface area contributed by atoms with Crippen molar-refractivity contribution in [1.29, 1.82) is 0 Å². The van der Waals surface area contributed by atoms with E-state index in [-0.39, 0.29) is 5.97 Å². The molecule has 1 saturated heterocycles. The van der Waals surface area contributed by atoms with E-state index in [2.05, 4.69) is 31.7 Å². The summed E-state index contributed by atoms with van der Waals surface area (Å²) in [4.78, 5) is 14.2. The Morgan fingerprint density at radius 1 is 1.33 bits per heavy atom. The molecule has 3 nitrogen and oxygen atoms in total. The Morgan fingerprint density at radius 2 is 2.05 bits per heavy atom. The quantitative estimate of drug-likeness (QED) is 0.588. The van der Waals surface area contributed by atoms with Gasteiger partial charge in [-0.25, -0.2) is 0 Å². The largest absolute Gasteiger partial charge is 0.464 e. The molecule has 3 atom stereocenters. The fourth-order valence-electron chi connectivity index (χ4n) is 4.22. The molecule has 118 valence electrons. The summed E-state index contributed by atoms with van der Waals surface area (Å²) in [6, 6.07) is 0. The van der Waals surface area contributed by atoms with Crippen LogP contribution in [0.15, 0.2) is 11.6 Å². The van der Waals surface area contributed by atoms with Crippen molar-refractivity contribution in [3.8, 4) is 0 Å². The molecule has 21 heavy (non-hydrogen) atoms. The molecule has 0 aromatic rings. The number of piperidine rings is 1. The second-order valence-corrected chi connectivity index (χ2v) is 7.82. The molecule has 0 amide bonds.